The highest BCUT2D eigenvalue weighted by Gasteiger charge is 2.33. The molecule has 0 bridgehead atoms. The Morgan fingerprint density at radius 1 is 1.05 bits per heavy atom. The number of esters is 1. The van der Waals surface area contributed by atoms with Gasteiger partial charge < -0.3 is 9.64 Å². The third kappa shape index (κ3) is 4.21. The van der Waals surface area contributed by atoms with Crippen molar-refractivity contribution < 1.29 is 14.3 Å². The fourth-order valence-electron chi connectivity index (χ4n) is 3.71. The molecule has 2 atom stereocenters. The van der Waals surface area contributed by atoms with E-state index in [1.165, 1.54) is 19.3 Å². The molecule has 1 saturated heterocycles. The van der Waals surface area contributed by atoms with Crippen LogP contribution in [-0.4, -0.2) is 36.0 Å². The molecule has 1 heterocycles. The second-order valence-corrected chi connectivity index (χ2v) is 6.95. The quantitative estimate of drug-likeness (QED) is 0.752. The van der Waals surface area contributed by atoms with Crippen molar-refractivity contribution in [2.75, 3.05) is 13.1 Å². The number of nitrogens with zero attached hydrogens (tertiary/aromatic N) is 1. The summed E-state index contributed by atoms with van der Waals surface area (Å²) >= 11 is 0. The lowest BCUT2D eigenvalue weighted by molar-refractivity contribution is -0.162. The van der Waals surface area contributed by atoms with E-state index in [4.69, 9.17) is 4.74 Å². The normalized spacial score (nSPS) is 27.7. The first-order chi connectivity index (χ1) is 9.99. The first-order valence-corrected chi connectivity index (χ1v) is 8.45. The van der Waals surface area contributed by atoms with E-state index in [0.717, 1.165) is 19.3 Å². The Hall–Kier alpha value is -1.06. The van der Waals surface area contributed by atoms with E-state index in [9.17, 15) is 9.59 Å². The number of carbonyl (C=O) groups is 2. The van der Waals surface area contributed by atoms with Crippen molar-refractivity contribution in [3.05, 3.63) is 0 Å². The molecule has 2 fully saturated rings. The fourth-order valence-corrected chi connectivity index (χ4v) is 3.71. The lowest BCUT2D eigenvalue weighted by Gasteiger charge is -2.36. The standard InChI is InChI=1S/C17H29NO3/c1-12(2)15-6-4-5-7-16(15)21-17(20)14-8-10-18(11-9-14)13(3)19/h12,14-16H,4-11H2,1-3H3/t15-,16-/m0/s1. The van der Waals surface area contributed by atoms with Gasteiger partial charge in [0.25, 0.3) is 0 Å². The molecule has 1 aliphatic carbocycles. The predicted molar refractivity (Wildman–Crippen MR) is 81.7 cm³/mol. The Kier molecular flexibility index (Phi) is 5.65. The molecule has 1 aliphatic heterocycles. The van der Waals surface area contributed by atoms with Crippen molar-refractivity contribution in [2.45, 2.75) is 65.4 Å². The van der Waals surface area contributed by atoms with Crippen molar-refractivity contribution in [3.8, 4) is 0 Å². The van der Waals surface area contributed by atoms with Gasteiger partial charge in [-0.3, -0.25) is 9.59 Å². The number of ether oxygens (including phenoxy) is 1. The Morgan fingerprint density at radius 3 is 2.24 bits per heavy atom. The Balaban J connectivity index is 1.85. The van der Waals surface area contributed by atoms with Gasteiger partial charge >= 0.3 is 5.97 Å². The molecule has 4 heteroatoms. The third-order valence-corrected chi connectivity index (χ3v) is 5.15. The summed E-state index contributed by atoms with van der Waals surface area (Å²) in [6.07, 6.45) is 6.23. The summed E-state index contributed by atoms with van der Waals surface area (Å²) in [4.78, 5) is 25.5. The molecule has 0 N–H and O–H groups in total. The van der Waals surface area contributed by atoms with Gasteiger partial charge in [-0.15, -0.1) is 0 Å². The summed E-state index contributed by atoms with van der Waals surface area (Å²) in [6, 6.07) is 0. The molecule has 1 amide bonds. The van der Waals surface area contributed by atoms with E-state index in [-0.39, 0.29) is 23.9 Å². The van der Waals surface area contributed by atoms with Crippen molar-refractivity contribution >= 4 is 11.9 Å². The molecular weight excluding hydrogens is 266 g/mol. The van der Waals surface area contributed by atoms with Crippen LogP contribution in [0.5, 0.6) is 0 Å². The minimum absolute atomic E-state index is 0.0182. The Labute approximate surface area is 128 Å². The van der Waals surface area contributed by atoms with E-state index in [1.807, 2.05) is 4.90 Å². The third-order valence-electron chi connectivity index (χ3n) is 5.15. The van der Waals surface area contributed by atoms with Crippen molar-refractivity contribution in [1.82, 2.24) is 4.90 Å². The minimum Gasteiger partial charge on any atom is -0.462 e. The lowest BCUT2D eigenvalue weighted by Crippen LogP contribution is -2.41. The maximum absolute atomic E-state index is 12.4. The molecule has 0 radical (unpaired) electrons. The fraction of sp³-hybridized carbons (Fsp3) is 0.882. The molecule has 2 rings (SSSR count). The van der Waals surface area contributed by atoms with Crippen LogP contribution in [0.15, 0.2) is 0 Å². The molecule has 21 heavy (non-hydrogen) atoms. The average molecular weight is 295 g/mol. The summed E-state index contributed by atoms with van der Waals surface area (Å²) < 4.78 is 5.86. The molecule has 0 aromatic heterocycles. The van der Waals surface area contributed by atoms with E-state index >= 15 is 0 Å². The molecule has 2 aliphatic rings. The highest BCUT2D eigenvalue weighted by atomic mass is 16.5. The van der Waals surface area contributed by atoms with Gasteiger partial charge in [-0.1, -0.05) is 20.3 Å². The number of hydrogen-bond acceptors (Lipinski definition) is 3. The summed E-state index contributed by atoms with van der Waals surface area (Å²) in [5.74, 6) is 1.14. The Morgan fingerprint density at radius 2 is 1.67 bits per heavy atom. The monoisotopic (exact) mass is 295 g/mol. The van der Waals surface area contributed by atoms with Gasteiger partial charge in [0, 0.05) is 20.0 Å². The Bertz CT molecular complexity index is 372. The second kappa shape index (κ2) is 7.28. The number of piperidine rings is 1. The van der Waals surface area contributed by atoms with Gasteiger partial charge in [0.2, 0.25) is 5.91 Å². The highest BCUT2D eigenvalue weighted by molar-refractivity contribution is 5.75. The maximum atomic E-state index is 12.4. The minimum atomic E-state index is -0.0317. The number of amides is 1. The van der Waals surface area contributed by atoms with Crippen LogP contribution in [0.2, 0.25) is 0 Å². The predicted octanol–water partition coefficient (Wildman–Crippen LogP) is 3.00. The SMILES string of the molecule is CC(=O)N1CCC(C(=O)O[C@H]2CCCC[C@H]2C(C)C)CC1. The number of carbonyl (C=O) groups excluding carboxylic acids is 2. The van der Waals surface area contributed by atoms with Crippen molar-refractivity contribution in [2.24, 2.45) is 17.8 Å². The first-order valence-electron chi connectivity index (χ1n) is 8.45. The van der Waals surface area contributed by atoms with Gasteiger partial charge in [-0.05, 0) is 43.9 Å². The average Bonchev–Trinajstić information content (AvgIpc) is 2.47. The van der Waals surface area contributed by atoms with Gasteiger partial charge in [-0.2, -0.15) is 0 Å². The van der Waals surface area contributed by atoms with Gasteiger partial charge in [0.1, 0.15) is 6.10 Å². The van der Waals surface area contributed by atoms with Gasteiger partial charge in [-0.25, -0.2) is 0 Å². The van der Waals surface area contributed by atoms with Crippen LogP contribution in [-0.2, 0) is 14.3 Å². The van der Waals surface area contributed by atoms with Crippen LogP contribution in [0.4, 0.5) is 0 Å². The zero-order valence-electron chi connectivity index (χ0n) is 13.6. The van der Waals surface area contributed by atoms with Crippen LogP contribution < -0.4 is 0 Å². The van der Waals surface area contributed by atoms with E-state index < -0.39 is 0 Å². The first kappa shape index (κ1) is 16.3. The van der Waals surface area contributed by atoms with Crippen LogP contribution in [0.25, 0.3) is 0 Å². The zero-order chi connectivity index (χ0) is 15.4. The van der Waals surface area contributed by atoms with Gasteiger partial charge in [0.05, 0.1) is 5.92 Å². The molecule has 0 aromatic rings. The summed E-state index contributed by atoms with van der Waals surface area (Å²) in [7, 11) is 0. The van der Waals surface area contributed by atoms with E-state index in [1.54, 1.807) is 6.92 Å². The lowest BCUT2D eigenvalue weighted by atomic mass is 9.79. The van der Waals surface area contributed by atoms with Crippen LogP contribution >= 0.6 is 0 Å². The molecule has 1 saturated carbocycles. The largest absolute Gasteiger partial charge is 0.462 e. The van der Waals surface area contributed by atoms with Crippen molar-refractivity contribution in [1.29, 1.82) is 0 Å². The summed E-state index contributed by atoms with van der Waals surface area (Å²) in [5, 5.41) is 0. The number of likely N-dealkylation sites (tertiary alicyclic amines) is 1. The van der Waals surface area contributed by atoms with Crippen LogP contribution in [0.1, 0.15) is 59.3 Å². The summed E-state index contributed by atoms with van der Waals surface area (Å²) in [5.41, 5.74) is 0. The van der Waals surface area contributed by atoms with Crippen LogP contribution in [0, 0.1) is 17.8 Å². The molecule has 0 unspecified atom stereocenters. The van der Waals surface area contributed by atoms with Crippen molar-refractivity contribution in [3.63, 3.8) is 0 Å². The van der Waals surface area contributed by atoms with E-state index in [2.05, 4.69) is 13.8 Å². The smallest absolute Gasteiger partial charge is 0.309 e. The maximum Gasteiger partial charge on any atom is 0.309 e. The highest BCUT2D eigenvalue weighted by Crippen LogP contribution is 2.33. The van der Waals surface area contributed by atoms with Crippen LogP contribution in [0.3, 0.4) is 0 Å². The molecule has 120 valence electrons. The number of hydrogen-bond donors (Lipinski definition) is 0. The second-order valence-electron chi connectivity index (χ2n) is 6.95. The zero-order valence-corrected chi connectivity index (χ0v) is 13.6. The number of rotatable bonds is 3. The molecule has 4 nitrogen and oxygen atoms in total. The molecule has 0 spiro atoms. The molecular formula is C17H29NO3. The van der Waals surface area contributed by atoms with Gasteiger partial charge in [0.15, 0.2) is 0 Å². The van der Waals surface area contributed by atoms with E-state index in [0.29, 0.717) is 24.9 Å². The molecule has 0 aromatic carbocycles. The summed E-state index contributed by atoms with van der Waals surface area (Å²) in [6.45, 7) is 7.42. The topological polar surface area (TPSA) is 46.6 Å².